The molecular formula is C18H29ClN4O4S. The summed E-state index contributed by atoms with van der Waals surface area (Å²) in [6.45, 7) is 4.76. The minimum atomic E-state index is -3.63. The van der Waals surface area contributed by atoms with E-state index in [1.54, 1.807) is 13.8 Å². The number of amides is 1. The summed E-state index contributed by atoms with van der Waals surface area (Å²) in [7, 11) is -3.63. The Balaban J connectivity index is 0.00000225. The smallest absolute Gasteiger partial charge is 0.248 e. The van der Waals surface area contributed by atoms with E-state index in [-0.39, 0.29) is 23.2 Å². The number of hydrogen-bond donors (Lipinski definition) is 1. The van der Waals surface area contributed by atoms with E-state index in [0.717, 1.165) is 12.8 Å². The standard InChI is InChI=1S/C18H28N4O4S.ClH/c1-12-18(13(2)26-20-12)27(24,25)22-7-5-21(6-8-22)17(23)11-14-9-15-3-4-16(10-14)19-15;/h14-16,19H,3-11H2,1-2H3;1H. The lowest BCUT2D eigenvalue weighted by Gasteiger charge is -2.35. The molecule has 28 heavy (non-hydrogen) atoms. The third kappa shape index (κ3) is 4.08. The van der Waals surface area contributed by atoms with Crippen molar-refractivity contribution in [2.75, 3.05) is 26.2 Å². The average molecular weight is 433 g/mol. The highest BCUT2D eigenvalue weighted by atomic mass is 35.5. The highest BCUT2D eigenvalue weighted by molar-refractivity contribution is 7.89. The molecule has 1 aromatic heterocycles. The minimum Gasteiger partial charge on any atom is -0.360 e. The van der Waals surface area contributed by atoms with Crippen molar-refractivity contribution in [3.05, 3.63) is 11.5 Å². The number of fused-ring (bicyclic) bond motifs is 2. The number of carbonyl (C=O) groups excluding carboxylic acids is 1. The van der Waals surface area contributed by atoms with Crippen molar-refractivity contribution >= 4 is 28.3 Å². The van der Waals surface area contributed by atoms with Gasteiger partial charge in [-0.3, -0.25) is 4.79 Å². The number of nitrogens with one attached hydrogen (secondary N) is 1. The van der Waals surface area contributed by atoms with Crippen LogP contribution in [0.2, 0.25) is 0 Å². The molecule has 158 valence electrons. The molecule has 4 rings (SSSR count). The SMILES string of the molecule is Cc1noc(C)c1S(=O)(=O)N1CCN(C(=O)CC2CC3CCC(C2)N3)CC1.Cl. The third-order valence-corrected chi connectivity index (χ3v) is 8.33. The van der Waals surface area contributed by atoms with Crippen molar-refractivity contribution in [3.63, 3.8) is 0 Å². The third-order valence-electron chi connectivity index (χ3n) is 6.19. The number of rotatable bonds is 4. The summed E-state index contributed by atoms with van der Waals surface area (Å²) in [4.78, 5) is 14.7. The van der Waals surface area contributed by atoms with Crippen molar-refractivity contribution < 1.29 is 17.7 Å². The molecule has 8 nitrogen and oxygen atoms in total. The highest BCUT2D eigenvalue weighted by Crippen LogP contribution is 2.33. The van der Waals surface area contributed by atoms with Gasteiger partial charge in [-0.2, -0.15) is 4.31 Å². The van der Waals surface area contributed by atoms with Crippen LogP contribution in [0.5, 0.6) is 0 Å². The maximum atomic E-state index is 12.9. The molecule has 0 aromatic carbocycles. The van der Waals surface area contributed by atoms with E-state index in [9.17, 15) is 13.2 Å². The zero-order valence-electron chi connectivity index (χ0n) is 16.4. The van der Waals surface area contributed by atoms with E-state index < -0.39 is 10.0 Å². The second kappa shape index (κ2) is 8.30. The van der Waals surface area contributed by atoms with Gasteiger partial charge in [-0.15, -0.1) is 12.4 Å². The number of piperazine rings is 1. The van der Waals surface area contributed by atoms with Crippen molar-refractivity contribution in [1.82, 2.24) is 19.7 Å². The molecule has 0 aliphatic carbocycles. The fourth-order valence-corrected chi connectivity index (χ4v) is 6.58. The van der Waals surface area contributed by atoms with Gasteiger partial charge in [0.1, 0.15) is 10.6 Å². The molecule has 2 atom stereocenters. The van der Waals surface area contributed by atoms with Crippen LogP contribution in [0, 0.1) is 19.8 Å². The second-order valence-electron chi connectivity index (χ2n) is 8.12. The van der Waals surface area contributed by atoms with Crippen LogP contribution in [0.15, 0.2) is 9.42 Å². The number of sulfonamides is 1. The predicted octanol–water partition coefficient (Wildman–Crippen LogP) is 1.47. The van der Waals surface area contributed by atoms with Crippen LogP contribution >= 0.6 is 12.4 Å². The zero-order chi connectivity index (χ0) is 19.2. The molecule has 2 unspecified atom stereocenters. The van der Waals surface area contributed by atoms with Crippen LogP contribution in [-0.2, 0) is 14.8 Å². The van der Waals surface area contributed by atoms with Gasteiger partial charge in [0, 0.05) is 44.7 Å². The number of carbonyl (C=O) groups is 1. The van der Waals surface area contributed by atoms with Gasteiger partial charge in [-0.25, -0.2) is 8.42 Å². The molecule has 2 bridgehead atoms. The summed E-state index contributed by atoms with van der Waals surface area (Å²) < 4.78 is 32.2. The van der Waals surface area contributed by atoms with Crippen LogP contribution in [0.25, 0.3) is 0 Å². The summed E-state index contributed by atoms with van der Waals surface area (Å²) in [5.41, 5.74) is 0.381. The first-order chi connectivity index (χ1) is 12.8. The molecule has 1 aromatic rings. The highest BCUT2D eigenvalue weighted by Gasteiger charge is 2.37. The number of hydrogen-bond acceptors (Lipinski definition) is 6. The largest absolute Gasteiger partial charge is 0.360 e. The molecule has 3 aliphatic rings. The molecule has 3 fully saturated rings. The maximum Gasteiger partial charge on any atom is 0.248 e. The Labute approximate surface area is 172 Å². The Hall–Kier alpha value is -1.16. The van der Waals surface area contributed by atoms with E-state index in [1.165, 1.54) is 17.1 Å². The van der Waals surface area contributed by atoms with E-state index in [0.29, 0.717) is 62.1 Å². The first-order valence-electron chi connectivity index (χ1n) is 9.81. The Morgan fingerprint density at radius 2 is 1.75 bits per heavy atom. The summed E-state index contributed by atoms with van der Waals surface area (Å²) >= 11 is 0. The Kier molecular flexibility index (Phi) is 6.38. The molecular weight excluding hydrogens is 404 g/mol. The maximum absolute atomic E-state index is 12.9. The molecule has 1 amide bonds. The van der Waals surface area contributed by atoms with Crippen molar-refractivity contribution in [2.24, 2.45) is 5.92 Å². The number of halogens is 1. The van der Waals surface area contributed by atoms with Crippen LogP contribution in [0.4, 0.5) is 0 Å². The van der Waals surface area contributed by atoms with Crippen LogP contribution in [0.3, 0.4) is 0 Å². The van der Waals surface area contributed by atoms with Crippen molar-refractivity contribution in [3.8, 4) is 0 Å². The topological polar surface area (TPSA) is 95.8 Å². The van der Waals surface area contributed by atoms with Gasteiger partial charge in [-0.1, -0.05) is 5.16 Å². The lowest BCUT2D eigenvalue weighted by Crippen LogP contribution is -2.51. The average Bonchev–Trinajstić information content (AvgIpc) is 3.16. The molecule has 0 spiro atoms. The van der Waals surface area contributed by atoms with Crippen LogP contribution in [-0.4, -0.2) is 66.9 Å². The lowest BCUT2D eigenvalue weighted by molar-refractivity contribution is -0.133. The predicted molar refractivity (Wildman–Crippen MR) is 106 cm³/mol. The van der Waals surface area contributed by atoms with Crippen LogP contribution in [0.1, 0.15) is 43.6 Å². The monoisotopic (exact) mass is 432 g/mol. The van der Waals surface area contributed by atoms with E-state index in [1.807, 2.05) is 4.90 Å². The minimum absolute atomic E-state index is 0. The quantitative estimate of drug-likeness (QED) is 0.773. The van der Waals surface area contributed by atoms with Gasteiger partial charge in [0.2, 0.25) is 15.9 Å². The normalized spacial score (nSPS) is 28.2. The lowest BCUT2D eigenvalue weighted by atomic mass is 9.89. The van der Waals surface area contributed by atoms with Crippen molar-refractivity contribution in [1.29, 1.82) is 0 Å². The van der Waals surface area contributed by atoms with E-state index >= 15 is 0 Å². The Morgan fingerprint density at radius 1 is 1.14 bits per heavy atom. The fraction of sp³-hybridized carbons (Fsp3) is 0.778. The number of nitrogens with zero attached hydrogens (tertiary/aromatic N) is 3. The Bertz CT molecular complexity index is 788. The zero-order valence-corrected chi connectivity index (χ0v) is 18.0. The molecule has 3 aliphatic heterocycles. The van der Waals surface area contributed by atoms with Gasteiger partial charge < -0.3 is 14.7 Å². The first-order valence-corrected chi connectivity index (χ1v) is 11.3. The Morgan fingerprint density at radius 3 is 2.29 bits per heavy atom. The molecule has 1 N–H and O–H groups in total. The number of aromatic nitrogens is 1. The van der Waals surface area contributed by atoms with E-state index in [4.69, 9.17) is 4.52 Å². The molecule has 3 saturated heterocycles. The molecule has 0 saturated carbocycles. The first kappa shape index (κ1) is 21.5. The van der Waals surface area contributed by atoms with Gasteiger partial charge >= 0.3 is 0 Å². The van der Waals surface area contributed by atoms with Gasteiger partial charge in [0.15, 0.2) is 5.76 Å². The summed E-state index contributed by atoms with van der Waals surface area (Å²) in [5.74, 6) is 0.933. The van der Waals surface area contributed by atoms with Crippen LogP contribution < -0.4 is 5.32 Å². The van der Waals surface area contributed by atoms with Crippen molar-refractivity contribution in [2.45, 2.75) is 62.9 Å². The number of piperidine rings is 1. The van der Waals surface area contributed by atoms with Gasteiger partial charge in [-0.05, 0) is 45.4 Å². The fourth-order valence-electron chi connectivity index (χ4n) is 4.87. The second-order valence-corrected chi connectivity index (χ2v) is 9.99. The van der Waals surface area contributed by atoms with Gasteiger partial charge in [0.05, 0.1) is 0 Å². The molecule has 4 heterocycles. The van der Waals surface area contributed by atoms with Gasteiger partial charge in [0.25, 0.3) is 0 Å². The molecule has 10 heteroatoms. The summed E-state index contributed by atoms with van der Waals surface area (Å²) in [6, 6.07) is 1.16. The summed E-state index contributed by atoms with van der Waals surface area (Å²) in [5, 5.41) is 7.36. The summed E-state index contributed by atoms with van der Waals surface area (Å²) in [6.07, 6.45) is 5.22. The van der Waals surface area contributed by atoms with E-state index in [2.05, 4.69) is 10.5 Å². The molecule has 0 radical (unpaired) electrons. The number of aryl methyl sites for hydroxylation is 2.